The summed E-state index contributed by atoms with van der Waals surface area (Å²) >= 11 is 0. The summed E-state index contributed by atoms with van der Waals surface area (Å²) in [5.41, 5.74) is 1.51. The van der Waals surface area contributed by atoms with Crippen LogP contribution in [0.3, 0.4) is 0 Å². The molecule has 0 saturated heterocycles. The molecular formula is C26H40. The maximum Gasteiger partial charge on any atom is -0.0181 e. The lowest BCUT2D eigenvalue weighted by atomic mass is 9.90. The van der Waals surface area contributed by atoms with Crippen molar-refractivity contribution in [3.8, 4) is 0 Å². The molecule has 2 aromatic carbocycles. The van der Waals surface area contributed by atoms with Crippen LogP contribution >= 0.6 is 0 Å². The van der Waals surface area contributed by atoms with Crippen molar-refractivity contribution in [1.29, 1.82) is 0 Å². The highest BCUT2D eigenvalue weighted by atomic mass is 14.1. The molecule has 0 radical (unpaired) electrons. The predicted octanol–water partition coefficient (Wildman–Crippen LogP) is 8.72. The van der Waals surface area contributed by atoms with E-state index < -0.39 is 0 Å². The summed E-state index contributed by atoms with van der Waals surface area (Å²) < 4.78 is 0. The molecule has 0 aliphatic carbocycles. The van der Waals surface area contributed by atoms with E-state index in [9.17, 15) is 0 Å². The van der Waals surface area contributed by atoms with Crippen molar-refractivity contribution in [3.63, 3.8) is 0 Å². The maximum atomic E-state index is 2.38. The zero-order chi connectivity index (χ0) is 18.5. The van der Waals surface area contributed by atoms with E-state index in [1.807, 2.05) is 0 Å². The largest absolute Gasteiger partial charge is 0.0654 e. The fraction of sp³-hybridized carbons (Fsp3) is 0.615. The lowest BCUT2D eigenvalue weighted by Crippen LogP contribution is -2.01. The molecule has 0 N–H and O–H groups in total. The van der Waals surface area contributed by atoms with Crippen molar-refractivity contribution in [2.45, 2.75) is 97.3 Å². The smallest absolute Gasteiger partial charge is 0.0181 e. The Morgan fingerprint density at radius 3 is 1.88 bits per heavy atom. The fourth-order valence-electron chi connectivity index (χ4n) is 4.13. The Morgan fingerprint density at radius 1 is 0.615 bits per heavy atom. The molecule has 0 aliphatic rings. The summed E-state index contributed by atoms with van der Waals surface area (Å²) in [7, 11) is 0. The molecule has 0 spiro atoms. The third kappa shape index (κ3) is 7.94. The van der Waals surface area contributed by atoms with Crippen molar-refractivity contribution in [2.75, 3.05) is 0 Å². The summed E-state index contributed by atoms with van der Waals surface area (Å²) in [6.07, 6.45) is 18.3. The van der Waals surface area contributed by atoms with Crippen LogP contribution < -0.4 is 0 Å². The highest BCUT2D eigenvalue weighted by molar-refractivity contribution is 5.82. The molecule has 0 fully saturated rings. The van der Waals surface area contributed by atoms with E-state index in [-0.39, 0.29) is 0 Å². The lowest BCUT2D eigenvalue weighted by Gasteiger charge is -2.16. The number of fused-ring (bicyclic) bond motifs is 1. The van der Waals surface area contributed by atoms with Crippen LogP contribution in [-0.4, -0.2) is 0 Å². The van der Waals surface area contributed by atoms with Gasteiger partial charge in [0.25, 0.3) is 0 Å². The summed E-state index contributed by atoms with van der Waals surface area (Å²) in [4.78, 5) is 0. The van der Waals surface area contributed by atoms with Gasteiger partial charge in [-0.2, -0.15) is 0 Å². The van der Waals surface area contributed by atoms with E-state index in [1.54, 1.807) is 0 Å². The van der Waals surface area contributed by atoms with Gasteiger partial charge >= 0.3 is 0 Å². The molecule has 2 rings (SSSR count). The second kappa shape index (κ2) is 13.0. The minimum Gasteiger partial charge on any atom is -0.0654 e. The maximum absolute atomic E-state index is 2.38. The van der Waals surface area contributed by atoms with Crippen molar-refractivity contribution in [1.82, 2.24) is 0 Å². The van der Waals surface area contributed by atoms with Crippen molar-refractivity contribution in [2.24, 2.45) is 5.92 Å². The van der Waals surface area contributed by atoms with Gasteiger partial charge in [-0.1, -0.05) is 127 Å². The van der Waals surface area contributed by atoms with Crippen LogP contribution in [0, 0.1) is 5.92 Å². The summed E-state index contributed by atoms with van der Waals surface area (Å²) in [6.45, 7) is 4.64. The minimum atomic E-state index is 0.994. The Bertz CT molecular complexity index is 588. The van der Waals surface area contributed by atoms with Gasteiger partial charge < -0.3 is 0 Å². The first-order valence-corrected chi connectivity index (χ1v) is 11.3. The molecule has 0 saturated carbocycles. The van der Waals surface area contributed by atoms with Crippen molar-refractivity contribution < 1.29 is 0 Å². The molecule has 0 aliphatic heterocycles. The van der Waals surface area contributed by atoms with E-state index in [0.717, 1.165) is 5.92 Å². The third-order valence-corrected chi connectivity index (χ3v) is 5.82. The van der Waals surface area contributed by atoms with E-state index in [4.69, 9.17) is 0 Å². The van der Waals surface area contributed by atoms with Gasteiger partial charge in [0.2, 0.25) is 0 Å². The number of aryl methyl sites for hydroxylation is 1. The van der Waals surface area contributed by atoms with Crippen LogP contribution in [0.5, 0.6) is 0 Å². The van der Waals surface area contributed by atoms with Crippen LogP contribution in [0.1, 0.15) is 96.5 Å². The van der Waals surface area contributed by atoms with Gasteiger partial charge in [-0.25, -0.2) is 0 Å². The van der Waals surface area contributed by atoms with Crippen LogP contribution in [0.2, 0.25) is 0 Å². The SMILES string of the molecule is CCCCCC(CCCCC)CCCCCc1ccc2ccccc2c1. The molecule has 26 heavy (non-hydrogen) atoms. The van der Waals surface area contributed by atoms with Gasteiger partial charge in [0.1, 0.15) is 0 Å². The van der Waals surface area contributed by atoms with Crippen LogP contribution in [0.25, 0.3) is 10.8 Å². The average Bonchev–Trinajstić information content (AvgIpc) is 2.67. The van der Waals surface area contributed by atoms with E-state index >= 15 is 0 Å². The zero-order valence-corrected chi connectivity index (χ0v) is 17.3. The second-order valence-corrected chi connectivity index (χ2v) is 8.14. The fourth-order valence-corrected chi connectivity index (χ4v) is 4.13. The topological polar surface area (TPSA) is 0 Å². The van der Waals surface area contributed by atoms with Crippen molar-refractivity contribution in [3.05, 3.63) is 48.0 Å². The molecule has 0 atom stereocenters. The lowest BCUT2D eigenvalue weighted by molar-refractivity contribution is 0.371. The number of hydrogen-bond acceptors (Lipinski definition) is 0. The molecule has 0 heteroatoms. The predicted molar refractivity (Wildman–Crippen MR) is 118 cm³/mol. The molecule has 144 valence electrons. The molecule has 2 aromatic rings. The quantitative estimate of drug-likeness (QED) is 0.298. The minimum absolute atomic E-state index is 0.994. The monoisotopic (exact) mass is 352 g/mol. The highest BCUT2D eigenvalue weighted by Gasteiger charge is 2.08. The molecule has 0 aromatic heterocycles. The average molecular weight is 353 g/mol. The van der Waals surface area contributed by atoms with E-state index in [0.29, 0.717) is 0 Å². The van der Waals surface area contributed by atoms with Gasteiger partial charge in [0.05, 0.1) is 0 Å². The second-order valence-electron chi connectivity index (χ2n) is 8.14. The molecule has 0 heterocycles. The normalized spacial score (nSPS) is 11.5. The standard InChI is InChI=1S/C26H40/c1-3-5-8-14-23(15-9-6-4-2)16-10-7-11-17-24-20-21-25-18-12-13-19-26(25)22-24/h12-13,18-23H,3-11,14-17H2,1-2H3. The molecule has 0 nitrogen and oxygen atoms in total. The Morgan fingerprint density at radius 2 is 1.23 bits per heavy atom. The number of rotatable bonds is 14. The molecular weight excluding hydrogens is 312 g/mol. The third-order valence-electron chi connectivity index (χ3n) is 5.82. The van der Waals surface area contributed by atoms with Crippen LogP contribution in [0.15, 0.2) is 42.5 Å². The van der Waals surface area contributed by atoms with Gasteiger partial charge in [0.15, 0.2) is 0 Å². The van der Waals surface area contributed by atoms with Gasteiger partial charge in [0, 0.05) is 0 Å². The highest BCUT2D eigenvalue weighted by Crippen LogP contribution is 2.24. The van der Waals surface area contributed by atoms with Crippen LogP contribution in [0.4, 0.5) is 0 Å². The Balaban J connectivity index is 1.67. The Hall–Kier alpha value is -1.30. The number of hydrogen-bond donors (Lipinski definition) is 0. The first kappa shape index (κ1) is 21.0. The van der Waals surface area contributed by atoms with Gasteiger partial charge in [-0.15, -0.1) is 0 Å². The van der Waals surface area contributed by atoms with Gasteiger partial charge in [-0.05, 0) is 35.1 Å². The number of unbranched alkanes of at least 4 members (excludes halogenated alkanes) is 6. The summed E-state index contributed by atoms with van der Waals surface area (Å²) in [5.74, 6) is 0.994. The molecule has 0 amide bonds. The van der Waals surface area contributed by atoms with E-state index in [1.165, 1.54) is 99.8 Å². The van der Waals surface area contributed by atoms with Crippen LogP contribution in [-0.2, 0) is 6.42 Å². The Labute approximate surface area is 162 Å². The zero-order valence-electron chi connectivity index (χ0n) is 17.3. The van der Waals surface area contributed by atoms with Crippen molar-refractivity contribution >= 4 is 10.8 Å². The first-order chi connectivity index (χ1) is 12.8. The number of benzene rings is 2. The Kier molecular flexibility index (Phi) is 10.5. The summed E-state index contributed by atoms with van der Waals surface area (Å²) in [5, 5.41) is 2.75. The van der Waals surface area contributed by atoms with Gasteiger partial charge in [-0.3, -0.25) is 0 Å². The first-order valence-electron chi connectivity index (χ1n) is 11.3. The van der Waals surface area contributed by atoms with E-state index in [2.05, 4.69) is 56.3 Å². The molecule has 0 bridgehead atoms. The molecule has 0 unspecified atom stereocenters. The summed E-state index contributed by atoms with van der Waals surface area (Å²) in [6, 6.07) is 15.7.